The Balaban J connectivity index is 1.69. The van der Waals surface area contributed by atoms with Crippen molar-refractivity contribution < 1.29 is 9.53 Å². The van der Waals surface area contributed by atoms with Crippen molar-refractivity contribution in [2.75, 3.05) is 19.7 Å². The number of aryl methyl sites for hydroxylation is 1. The molecule has 6 heteroatoms. The third kappa shape index (κ3) is 3.48. The van der Waals surface area contributed by atoms with Crippen molar-refractivity contribution in [1.29, 1.82) is 0 Å². The van der Waals surface area contributed by atoms with Crippen LogP contribution < -0.4 is 5.56 Å². The molecule has 0 unspecified atom stereocenters. The number of carbonyl (C=O) groups excluding carboxylic acids is 1. The molecule has 3 rings (SSSR count). The lowest BCUT2D eigenvalue weighted by Gasteiger charge is -2.30. The lowest BCUT2D eigenvalue weighted by atomic mass is 9.97. The summed E-state index contributed by atoms with van der Waals surface area (Å²) in [5, 5.41) is 0. The minimum absolute atomic E-state index is 0.00127. The molecule has 3 heterocycles. The number of likely N-dealkylation sites (tertiary alicyclic amines) is 1. The predicted molar refractivity (Wildman–Crippen MR) is 90.8 cm³/mol. The van der Waals surface area contributed by atoms with Crippen LogP contribution in [-0.4, -0.2) is 40.0 Å². The first-order chi connectivity index (χ1) is 11.6. The van der Waals surface area contributed by atoms with E-state index in [0.29, 0.717) is 18.8 Å². The Hall–Kier alpha value is -2.21. The van der Waals surface area contributed by atoms with E-state index in [1.807, 2.05) is 26.0 Å². The van der Waals surface area contributed by atoms with Crippen LogP contribution in [0.1, 0.15) is 31.0 Å². The average molecular weight is 329 g/mol. The van der Waals surface area contributed by atoms with Gasteiger partial charge in [-0.25, -0.2) is 4.98 Å². The van der Waals surface area contributed by atoms with Crippen LogP contribution in [0, 0.1) is 12.8 Å². The summed E-state index contributed by atoms with van der Waals surface area (Å²) in [5.74, 6) is -0.0894. The second-order valence-electron chi connectivity index (χ2n) is 6.27. The van der Waals surface area contributed by atoms with Crippen molar-refractivity contribution in [1.82, 2.24) is 14.3 Å². The van der Waals surface area contributed by atoms with Crippen LogP contribution in [0.4, 0.5) is 0 Å². The maximum absolute atomic E-state index is 12.2. The first kappa shape index (κ1) is 16.6. The fourth-order valence-corrected chi connectivity index (χ4v) is 3.21. The van der Waals surface area contributed by atoms with E-state index < -0.39 is 0 Å². The summed E-state index contributed by atoms with van der Waals surface area (Å²) >= 11 is 0. The Morgan fingerprint density at radius 1 is 1.38 bits per heavy atom. The first-order valence-electron chi connectivity index (χ1n) is 8.45. The minimum Gasteiger partial charge on any atom is -0.466 e. The van der Waals surface area contributed by atoms with Gasteiger partial charge < -0.3 is 4.74 Å². The number of ether oxygens (including phenoxy) is 1. The number of piperidine rings is 1. The van der Waals surface area contributed by atoms with Crippen molar-refractivity contribution in [3.05, 3.63) is 46.0 Å². The Labute approximate surface area is 141 Å². The first-order valence-corrected chi connectivity index (χ1v) is 8.45. The van der Waals surface area contributed by atoms with Gasteiger partial charge in [0.05, 0.1) is 18.2 Å². The van der Waals surface area contributed by atoms with E-state index >= 15 is 0 Å². The zero-order valence-electron chi connectivity index (χ0n) is 14.2. The molecule has 0 spiro atoms. The fraction of sp³-hybridized carbons (Fsp3) is 0.500. The normalized spacial score (nSPS) is 16.4. The van der Waals surface area contributed by atoms with Crippen LogP contribution in [0.5, 0.6) is 0 Å². The number of nitrogens with zero attached hydrogens (tertiary/aromatic N) is 3. The highest BCUT2D eigenvalue weighted by Gasteiger charge is 2.26. The van der Waals surface area contributed by atoms with Crippen LogP contribution >= 0.6 is 0 Å². The molecule has 0 aliphatic carbocycles. The molecule has 0 amide bonds. The largest absolute Gasteiger partial charge is 0.466 e. The molecule has 0 atom stereocenters. The predicted octanol–water partition coefficient (Wildman–Crippen LogP) is 1.78. The molecular weight excluding hydrogens is 306 g/mol. The van der Waals surface area contributed by atoms with Crippen LogP contribution in [0.2, 0.25) is 0 Å². The number of pyridine rings is 1. The Morgan fingerprint density at radius 2 is 2.12 bits per heavy atom. The molecule has 0 saturated carbocycles. The molecule has 0 N–H and O–H groups in total. The molecule has 1 fully saturated rings. The lowest BCUT2D eigenvalue weighted by molar-refractivity contribution is -0.149. The van der Waals surface area contributed by atoms with Gasteiger partial charge in [-0.1, -0.05) is 6.07 Å². The molecule has 1 saturated heterocycles. The SMILES string of the molecule is CCOC(=O)C1CCN(Cc2cc(=O)n3cccc(C)c3n2)CC1. The van der Waals surface area contributed by atoms with E-state index in [4.69, 9.17) is 4.74 Å². The van der Waals surface area contributed by atoms with Gasteiger partial charge in [0.2, 0.25) is 0 Å². The maximum atomic E-state index is 12.2. The van der Waals surface area contributed by atoms with Gasteiger partial charge in [-0.05, 0) is 51.4 Å². The number of hydrogen-bond acceptors (Lipinski definition) is 5. The fourth-order valence-electron chi connectivity index (χ4n) is 3.21. The zero-order valence-corrected chi connectivity index (χ0v) is 14.2. The smallest absolute Gasteiger partial charge is 0.309 e. The van der Waals surface area contributed by atoms with Crippen LogP contribution in [-0.2, 0) is 16.1 Å². The topological polar surface area (TPSA) is 63.9 Å². The van der Waals surface area contributed by atoms with E-state index in [-0.39, 0.29) is 17.4 Å². The second kappa shape index (κ2) is 7.13. The summed E-state index contributed by atoms with van der Waals surface area (Å²) < 4.78 is 6.67. The Kier molecular flexibility index (Phi) is 4.94. The van der Waals surface area contributed by atoms with E-state index in [9.17, 15) is 9.59 Å². The average Bonchev–Trinajstić information content (AvgIpc) is 2.57. The molecule has 1 aliphatic rings. The van der Waals surface area contributed by atoms with E-state index in [1.165, 1.54) is 0 Å². The molecule has 2 aromatic heterocycles. The van der Waals surface area contributed by atoms with Gasteiger partial charge in [0.1, 0.15) is 5.65 Å². The van der Waals surface area contributed by atoms with Gasteiger partial charge in [-0.2, -0.15) is 0 Å². The number of carbonyl (C=O) groups is 1. The lowest BCUT2D eigenvalue weighted by Crippen LogP contribution is -2.37. The highest BCUT2D eigenvalue weighted by molar-refractivity contribution is 5.72. The van der Waals surface area contributed by atoms with Gasteiger partial charge in [-0.15, -0.1) is 0 Å². The highest BCUT2D eigenvalue weighted by atomic mass is 16.5. The molecule has 0 bridgehead atoms. The third-order valence-electron chi connectivity index (χ3n) is 4.53. The molecule has 1 aliphatic heterocycles. The van der Waals surface area contributed by atoms with Crippen LogP contribution in [0.3, 0.4) is 0 Å². The molecule has 6 nitrogen and oxygen atoms in total. The second-order valence-corrected chi connectivity index (χ2v) is 6.27. The summed E-state index contributed by atoms with van der Waals surface area (Å²) in [6, 6.07) is 5.41. The number of esters is 1. The Bertz CT molecular complexity index is 792. The number of hydrogen-bond donors (Lipinski definition) is 0. The molecule has 24 heavy (non-hydrogen) atoms. The Morgan fingerprint density at radius 3 is 2.83 bits per heavy atom. The number of aromatic nitrogens is 2. The highest BCUT2D eigenvalue weighted by Crippen LogP contribution is 2.20. The summed E-state index contributed by atoms with van der Waals surface area (Å²) in [7, 11) is 0. The molecule has 2 aromatic rings. The summed E-state index contributed by atoms with van der Waals surface area (Å²) in [5.41, 5.74) is 2.42. The van der Waals surface area contributed by atoms with Crippen molar-refractivity contribution in [3.8, 4) is 0 Å². The van der Waals surface area contributed by atoms with E-state index in [0.717, 1.165) is 37.2 Å². The number of fused-ring (bicyclic) bond motifs is 1. The van der Waals surface area contributed by atoms with Crippen molar-refractivity contribution in [2.45, 2.75) is 33.2 Å². The van der Waals surface area contributed by atoms with Gasteiger partial charge in [0.15, 0.2) is 0 Å². The summed E-state index contributed by atoms with van der Waals surface area (Å²) in [6.45, 7) is 6.49. The van der Waals surface area contributed by atoms with Crippen molar-refractivity contribution >= 4 is 11.6 Å². The third-order valence-corrected chi connectivity index (χ3v) is 4.53. The molecule has 0 aromatic carbocycles. The number of rotatable bonds is 4. The van der Waals surface area contributed by atoms with E-state index in [2.05, 4.69) is 9.88 Å². The van der Waals surface area contributed by atoms with Crippen molar-refractivity contribution in [2.24, 2.45) is 5.92 Å². The summed E-state index contributed by atoms with van der Waals surface area (Å²) in [4.78, 5) is 30.9. The van der Waals surface area contributed by atoms with Gasteiger partial charge >= 0.3 is 5.97 Å². The van der Waals surface area contributed by atoms with Crippen molar-refractivity contribution in [3.63, 3.8) is 0 Å². The van der Waals surface area contributed by atoms with E-state index in [1.54, 1.807) is 16.7 Å². The van der Waals surface area contributed by atoms with Crippen LogP contribution in [0.15, 0.2) is 29.2 Å². The summed E-state index contributed by atoms with van der Waals surface area (Å²) in [6.07, 6.45) is 3.33. The molecule has 128 valence electrons. The molecule has 0 radical (unpaired) electrons. The van der Waals surface area contributed by atoms with Crippen LogP contribution in [0.25, 0.3) is 5.65 Å². The minimum atomic E-state index is -0.0881. The molecular formula is C18H23N3O3. The maximum Gasteiger partial charge on any atom is 0.309 e. The van der Waals surface area contributed by atoms with Gasteiger partial charge in [0.25, 0.3) is 5.56 Å². The monoisotopic (exact) mass is 329 g/mol. The quantitative estimate of drug-likeness (QED) is 0.800. The van der Waals surface area contributed by atoms with Gasteiger partial charge in [-0.3, -0.25) is 18.9 Å². The zero-order chi connectivity index (χ0) is 17.1. The standard InChI is InChI=1S/C18H23N3O3/c1-3-24-18(23)14-6-9-20(10-7-14)12-15-11-16(22)21-8-4-5-13(2)17(21)19-15/h4-5,8,11,14H,3,6-7,9-10,12H2,1-2H3. The van der Waals surface area contributed by atoms with Gasteiger partial charge in [0, 0.05) is 18.8 Å².